The van der Waals surface area contributed by atoms with Crippen LogP contribution in [-0.4, -0.2) is 156 Å². The number of carbonyl (C=O) groups excluding carboxylic acids is 6. The van der Waals surface area contributed by atoms with Gasteiger partial charge in [0.2, 0.25) is 5.79 Å². The van der Waals surface area contributed by atoms with Gasteiger partial charge in [-0.1, -0.05) is 71.1 Å². The van der Waals surface area contributed by atoms with Crippen molar-refractivity contribution < 1.29 is 77.6 Å². The van der Waals surface area contributed by atoms with Crippen LogP contribution in [0.1, 0.15) is 132 Å². The fourth-order valence-electron chi connectivity index (χ4n) is 10.7. The molecular formula is C56H87NO16. The molecule has 1 amide bonds. The third-order valence-electron chi connectivity index (χ3n) is 15.9. The van der Waals surface area contributed by atoms with E-state index in [1.807, 2.05) is 51.2 Å². The van der Waals surface area contributed by atoms with Gasteiger partial charge in [-0.25, -0.2) is 4.79 Å². The van der Waals surface area contributed by atoms with Gasteiger partial charge in [-0.05, 0) is 114 Å². The molecule has 17 nitrogen and oxygen atoms in total. The van der Waals surface area contributed by atoms with Crippen LogP contribution in [0.2, 0.25) is 0 Å². The van der Waals surface area contributed by atoms with Gasteiger partial charge in [0.25, 0.3) is 11.7 Å². The molecule has 4 N–H and O–H groups in total. The Balaban J connectivity index is 1.69. The smallest absolute Gasteiger partial charge is 0.329 e. The average molecular weight is 1030 g/mol. The standard InChI is InChI=1S/C56H87NO16/c1-33-17-13-12-14-18-34(2)45(68-9)29-41-22-20-39(7)56(67,73-41)51(63)52(64)57-24-16-15-19-42(57)53(65)71-46(30-43(60)35(3)26-38(6)49(62)50(70-11)48(61)37(5)25-33)36(4)27-40-21-23-44(47(28-40)69-10)72-54(66)55(8,31-58)32-59/h12-14,17-18,26,33,35-37,39-42,44-47,49-50,58-59,62,67H,15-16,19-25,27-32H2,1-11H3/b14-12+,17-13+,34-18-,38-26+/t33-,35-,36-,37+,39+,40+,41-,42-,44-,45-,46-,47-,49-,50-,56-/m1/s1. The first-order valence-corrected chi connectivity index (χ1v) is 26.4. The number of hydrogen-bond donors (Lipinski definition) is 4. The van der Waals surface area contributed by atoms with Gasteiger partial charge in [0.15, 0.2) is 5.78 Å². The fraction of sp³-hybridized carbons (Fsp3) is 0.750. The number of aliphatic hydroxyl groups is 4. The number of fused-ring (bicyclic) bond motifs is 3. The SMILES string of the molecule is CO[C@@H]1C(=O)[C@@H](C)C[C@H](C)/C=C/C=C/C=C(/C)[C@H](OC)C[C@H]2CC[C@H](C)[C@@](O)(O2)C(=O)C(=O)N2CCCC[C@@H]2C(=O)O[C@@H]([C@H](C)C[C@@H]2CC[C@@H](OC(=O)C(C)(CO)CO)[C@H](OC)C2)CC(=O)[C@H](C)/C=C(\C)[C@H]1O. The number of hydrogen-bond acceptors (Lipinski definition) is 16. The van der Waals surface area contributed by atoms with E-state index in [0.29, 0.717) is 69.8 Å². The minimum Gasteiger partial charge on any atom is -0.460 e. The fourth-order valence-corrected chi connectivity index (χ4v) is 10.7. The van der Waals surface area contributed by atoms with Crippen molar-refractivity contribution in [3.63, 3.8) is 0 Å². The topological polar surface area (TPSA) is 242 Å². The summed E-state index contributed by atoms with van der Waals surface area (Å²) in [6.45, 7) is 12.7. The maximum atomic E-state index is 14.5. The molecule has 0 aromatic rings. The van der Waals surface area contributed by atoms with E-state index in [1.165, 1.54) is 21.1 Å². The monoisotopic (exact) mass is 1030 g/mol. The van der Waals surface area contributed by atoms with Crippen LogP contribution in [0.3, 0.4) is 0 Å². The number of piperidine rings is 1. The predicted octanol–water partition coefficient (Wildman–Crippen LogP) is 5.72. The number of cyclic esters (lactones) is 1. The van der Waals surface area contributed by atoms with Crippen LogP contribution < -0.4 is 0 Å². The van der Waals surface area contributed by atoms with E-state index < -0.39 is 120 Å². The summed E-state index contributed by atoms with van der Waals surface area (Å²) >= 11 is 0. The zero-order valence-electron chi connectivity index (χ0n) is 45.3. The van der Waals surface area contributed by atoms with Gasteiger partial charge in [-0.2, -0.15) is 0 Å². The number of methoxy groups -OCH3 is 3. The highest BCUT2D eigenvalue weighted by molar-refractivity contribution is 6.39. The van der Waals surface area contributed by atoms with E-state index in [1.54, 1.807) is 40.9 Å². The third kappa shape index (κ3) is 16.0. The number of rotatable bonds is 10. The van der Waals surface area contributed by atoms with Crippen molar-refractivity contribution in [3.05, 3.63) is 47.6 Å². The number of Topliss-reactive ketones (excluding diaryl/α,β-unsaturated/α-hetero) is 3. The molecule has 73 heavy (non-hydrogen) atoms. The zero-order chi connectivity index (χ0) is 54.4. The number of ether oxygens (including phenoxy) is 6. The number of esters is 2. The molecule has 4 aliphatic rings. The summed E-state index contributed by atoms with van der Waals surface area (Å²) < 4.78 is 35.4. The maximum absolute atomic E-state index is 14.5. The van der Waals surface area contributed by atoms with Crippen LogP contribution >= 0.6 is 0 Å². The van der Waals surface area contributed by atoms with Crippen LogP contribution in [0.25, 0.3) is 0 Å². The van der Waals surface area contributed by atoms with Crippen molar-refractivity contribution >= 4 is 35.2 Å². The average Bonchev–Trinajstić information content (AvgIpc) is 3.37. The number of allylic oxidation sites excluding steroid dienone is 6. The number of ketones is 3. The van der Waals surface area contributed by atoms with Gasteiger partial charge in [-0.3, -0.25) is 24.0 Å². The van der Waals surface area contributed by atoms with Gasteiger partial charge in [0.05, 0.1) is 31.5 Å². The molecule has 1 saturated carbocycles. The van der Waals surface area contributed by atoms with E-state index in [4.69, 9.17) is 28.4 Å². The highest BCUT2D eigenvalue weighted by Crippen LogP contribution is 2.38. The normalized spacial score (nSPS) is 37.4. The molecule has 0 aromatic heterocycles. The molecule has 3 aliphatic heterocycles. The van der Waals surface area contributed by atoms with Gasteiger partial charge in [-0.15, -0.1) is 0 Å². The Morgan fingerprint density at radius 2 is 1.56 bits per heavy atom. The van der Waals surface area contributed by atoms with Gasteiger partial charge in [0.1, 0.15) is 41.7 Å². The highest BCUT2D eigenvalue weighted by atomic mass is 16.6. The van der Waals surface area contributed by atoms with Crippen molar-refractivity contribution in [1.82, 2.24) is 4.90 Å². The zero-order valence-corrected chi connectivity index (χ0v) is 45.3. The minimum absolute atomic E-state index is 0.00697. The first kappa shape index (κ1) is 61.6. The molecule has 3 fully saturated rings. The highest BCUT2D eigenvalue weighted by Gasteiger charge is 2.53. The quantitative estimate of drug-likeness (QED) is 0.116. The Hall–Kier alpha value is -3.94. The van der Waals surface area contributed by atoms with Crippen LogP contribution in [0, 0.1) is 40.9 Å². The lowest BCUT2D eigenvalue weighted by atomic mass is 9.78. The Bertz CT molecular complexity index is 2010. The van der Waals surface area contributed by atoms with Crippen molar-refractivity contribution in [3.8, 4) is 0 Å². The lowest BCUT2D eigenvalue weighted by Crippen LogP contribution is -2.61. The Kier molecular flexibility index (Phi) is 23.9. The molecule has 17 heteroatoms. The number of aliphatic hydroxyl groups excluding tert-OH is 3. The van der Waals surface area contributed by atoms with E-state index in [2.05, 4.69) is 0 Å². The summed E-state index contributed by atoms with van der Waals surface area (Å²) in [7, 11) is 4.43. The van der Waals surface area contributed by atoms with Gasteiger partial charge < -0.3 is 53.7 Å². The molecule has 1 aliphatic carbocycles. The number of nitrogens with zero attached hydrogens (tertiary/aromatic N) is 1. The lowest BCUT2D eigenvalue weighted by Gasteiger charge is -2.42. The van der Waals surface area contributed by atoms with Crippen molar-refractivity contribution in [2.45, 2.75) is 187 Å². The molecule has 2 bridgehead atoms. The second kappa shape index (κ2) is 28.3. The van der Waals surface area contributed by atoms with Gasteiger partial charge in [0, 0.05) is 58.5 Å². The van der Waals surface area contributed by atoms with E-state index in [9.17, 15) is 49.2 Å². The second-order valence-corrected chi connectivity index (χ2v) is 21.8. The molecule has 0 spiro atoms. The van der Waals surface area contributed by atoms with Crippen LogP contribution in [0.4, 0.5) is 0 Å². The second-order valence-electron chi connectivity index (χ2n) is 21.8. The summed E-state index contributed by atoms with van der Waals surface area (Å²) in [5, 5.41) is 43.1. The summed E-state index contributed by atoms with van der Waals surface area (Å²) in [4.78, 5) is 85.4. The van der Waals surface area contributed by atoms with E-state index >= 15 is 0 Å². The summed E-state index contributed by atoms with van der Waals surface area (Å²) in [5.74, 6) is -9.36. The van der Waals surface area contributed by atoms with Gasteiger partial charge >= 0.3 is 11.9 Å². The largest absolute Gasteiger partial charge is 0.460 e. The minimum atomic E-state index is -2.47. The summed E-state index contributed by atoms with van der Waals surface area (Å²) in [5.41, 5.74) is -0.277. The molecule has 0 unspecified atom stereocenters. The maximum Gasteiger partial charge on any atom is 0.329 e. The molecule has 15 atom stereocenters. The van der Waals surface area contributed by atoms with Crippen molar-refractivity contribution in [2.75, 3.05) is 41.1 Å². The Labute approximate surface area is 433 Å². The molecule has 412 valence electrons. The molecule has 0 aromatic carbocycles. The Morgan fingerprint density at radius 3 is 2.21 bits per heavy atom. The van der Waals surface area contributed by atoms with Crippen LogP contribution in [0.5, 0.6) is 0 Å². The number of carbonyl (C=O) groups is 6. The Morgan fingerprint density at radius 1 is 0.863 bits per heavy atom. The first-order valence-electron chi connectivity index (χ1n) is 26.4. The molecule has 0 radical (unpaired) electrons. The predicted molar refractivity (Wildman–Crippen MR) is 271 cm³/mol. The number of amides is 1. The van der Waals surface area contributed by atoms with E-state index in [0.717, 1.165) is 10.5 Å². The first-order chi connectivity index (χ1) is 34.5. The lowest BCUT2D eigenvalue weighted by molar-refractivity contribution is -0.265. The molecule has 4 rings (SSSR count). The summed E-state index contributed by atoms with van der Waals surface area (Å²) in [6.07, 6.45) is 9.76. The van der Waals surface area contributed by atoms with E-state index in [-0.39, 0.29) is 42.8 Å². The molecular weight excluding hydrogens is 943 g/mol. The third-order valence-corrected chi connectivity index (χ3v) is 15.9. The van der Waals surface area contributed by atoms with Crippen LogP contribution in [0.15, 0.2) is 47.6 Å². The van der Waals surface area contributed by atoms with Crippen molar-refractivity contribution in [2.24, 2.45) is 40.9 Å². The molecule has 3 heterocycles. The van der Waals surface area contributed by atoms with Crippen LogP contribution in [-0.2, 0) is 57.2 Å². The molecule has 2 saturated heterocycles. The van der Waals surface area contributed by atoms with Crippen molar-refractivity contribution in [1.29, 1.82) is 0 Å². The summed E-state index contributed by atoms with van der Waals surface area (Å²) in [6, 6.07) is -1.20.